The summed E-state index contributed by atoms with van der Waals surface area (Å²) >= 11 is 0. The van der Waals surface area contributed by atoms with E-state index in [1.54, 1.807) is 6.07 Å². The molecule has 0 N–H and O–H groups in total. The Kier molecular flexibility index (Phi) is 3.19. The van der Waals surface area contributed by atoms with Gasteiger partial charge in [0.05, 0.1) is 18.4 Å². The molecule has 1 fully saturated rings. The minimum atomic E-state index is -0.334. The van der Waals surface area contributed by atoms with Gasteiger partial charge in [-0.15, -0.1) is 0 Å². The first-order valence-electron chi connectivity index (χ1n) is 6.56. The molecule has 0 saturated carbocycles. The Morgan fingerprint density at radius 2 is 1.79 bits per heavy atom. The molecule has 3 rings (SSSR count). The second kappa shape index (κ2) is 4.99. The van der Waals surface area contributed by atoms with E-state index < -0.39 is 0 Å². The summed E-state index contributed by atoms with van der Waals surface area (Å²) in [5.74, 6) is 0.995. The molecule has 2 aliphatic heterocycles. The van der Waals surface area contributed by atoms with E-state index in [-0.39, 0.29) is 5.97 Å². The minimum absolute atomic E-state index is 0.334. The zero-order chi connectivity index (χ0) is 13.2. The Bertz CT molecular complexity index is 494. The van der Waals surface area contributed by atoms with Crippen molar-refractivity contribution in [3.8, 4) is 11.5 Å². The van der Waals surface area contributed by atoms with Gasteiger partial charge in [-0.25, -0.2) is 4.79 Å². The average molecular weight is 263 g/mol. The fourth-order valence-electron chi connectivity index (χ4n) is 2.57. The van der Waals surface area contributed by atoms with Crippen LogP contribution in [0.25, 0.3) is 0 Å². The van der Waals surface area contributed by atoms with Crippen LogP contribution in [0.1, 0.15) is 23.2 Å². The van der Waals surface area contributed by atoms with E-state index in [0.29, 0.717) is 30.3 Å². The number of hydrogen-bond acceptors (Lipinski definition) is 5. The van der Waals surface area contributed by atoms with Crippen LogP contribution in [-0.2, 0) is 4.74 Å². The molecule has 0 aromatic heterocycles. The summed E-state index contributed by atoms with van der Waals surface area (Å²) in [5.41, 5.74) is 1.43. The summed E-state index contributed by atoms with van der Waals surface area (Å²) in [7, 11) is 1.40. The van der Waals surface area contributed by atoms with Gasteiger partial charge in [-0.05, 0) is 12.8 Å². The predicted octanol–water partition coefficient (Wildman–Crippen LogP) is 1.84. The Morgan fingerprint density at radius 1 is 1.16 bits per heavy atom. The number of ether oxygens (including phenoxy) is 3. The SMILES string of the molecule is COC(=O)c1cc2c(cc1N1CCCC1)OCCO2. The van der Waals surface area contributed by atoms with Gasteiger partial charge in [-0.3, -0.25) is 0 Å². The van der Waals surface area contributed by atoms with Gasteiger partial charge in [-0.1, -0.05) is 0 Å². The first-order valence-corrected chi connectivity index (χ1v) is 6.56. The molecule has 1 aromatic carbocycles. The molecule has 0 spiro atoms. The van der Waals surface area contributed by atoms with E-state index >= 15 is 0 Å². The summed E-state index contributed by atoms with van der Waals surface area (Å²) in [4.78, 5) is 14.1. The van der Waals surface area contributed by atoms with E-state index in [9.17, 15) is 4.79 Å². The highest BCUT2D eigenvalue weighted by atomic mass is 16.6. The Labute approximate surface area is 112 Å². The van der Waals surface area contributed by atoms with Crippen molar-refractivity contribution in [1.82, 2.24) is 0 Å². The number of nitrogens with zero attached hydrogens (tertiary/aromatic N) is 1. The molecule has 5 heteroatoms. The van der Waals surface area contributed by atoms with Crippen LogP contribution in [0.3, 0.4) is 0 Å². The molecule has 0 bridgehead atoms. The summed E-state index contributed by atoms with van der Waals surface area (Å²) in [6.07, 6.45) is 2.30. The number of rotatable bonds is 2. The van der Waals surface area contributed by atoms with Crippen molar-refractivity contribution in [3.63, 3.8) is 0 Å². The van der Waals surface area contributed by atoms with Gasteiger partial charge < -0.3 is 19.1 Å². The number of esters is 1. The number of benzene rings is 1. The third-order valence-electron chi connectivity index (χ3n) is 3.51. The topological polar surface area (TPSA) is 48.0 Å². The van der Waals surface area contributed by atoms with Gasteiger partial charge in [0.25, 0.3) is 0 Å². The maximum Gasteiger partial charge on any atom is 0.340 e. The first kappa shape index (κ1) is 12.1. The summed E-state index contributed by atoms with van der Waals surface area (Å²) < 4.78 is 16.0. The number of carbonyl (C=O) groups excluding carboxylic acids is 1. The molecule has 5 nitrogen and oxygen atoms in total. The van der Waals surface area contributed by atoms with Gasteiger partial charge in [0.15, 0.2) is 11.5 Å². The highest BCUT2D eigenvalue weighted by Crippen LogP contribution is 2.38. The van der Waals surface area contributed by atoms with Crippen LogP contribution in [0.4, 0.5) is 5.69 Å². The molecule has 102 valence electrons. The molecule has 2 heterocycles. The summed E-state index contributed by atoms with van der Waals surface area (Å²) in [6, 6.07) is 3.63. The second-order valence-electron chi connectivity index (χ2n) is 4.70. The molecule has 0 unspecified atom stereocenters. The quantitative estimate of drug-likeness (QED) is 0.762. The number of hydrogen-bond donors (Lipinski definition) is 0. The van der Waals surface area contributed by atoms with Crippen molar-refractivity contribution < 1.29 is 19.0 Å². The molecule has 0 radical (unpaired) electrons. The van der Waals surface area contributed by atoms with E-state index in [1.165, 1.54) is 7.11 Å². The molecular weight excluding hydrogens is 246 g/mol. The molecule has 0 aliphatic carbocycles. The largest absolute Gasteiger partial charge is 0.486 e. The molecule has 1 aromatic rings. The lowest BCUT2D eigenvalue weighted by atomic mass is 10.1. The zero-order valence-electron chi connectivity index (χ0n) is 11.0. The highest BCUT2D eigenvalue weighted by molar-refractivity contribution is 5.97. The lowest BCUT2D eigenvalue weighted by Crippen LogP contribution is -2.23. The van der Waals surface area contributed by atoms with E-state index in [4.69, 9.17) is 14.2 Å². The van der Waals surface area contributed by atoms with Gasteiger partial charge >= 0.3 is 5.97 Å². The second-order valence-corrected chi connectivity index (χ2v) is 4.70. The van der Waals surface area contributed by atoms with Crippen molar-refractivity contribution in [2.45, 2.75) is 12.8 Å². The van der Waals surface area contributed by atoms with Crippen LogP contribution in [0.2, 0.25) is 0 Å². The molecule has 1 saturated heterocycles. The van der Waals surface area contributed by atoms with Crippen molar-refractivity contribution in [1.29, 1.82) is 0 Å². The lowest BCUT2D eigenvalue weighted by Gasteiger charge is -2.25. The van der Waals surface area contributed by atoms with Crippen LogP contribution in [0, 0.1) is 0 Å². The van der Waals surface area contributed by atoms with Gasteiger partial charge in [-0.2, -0.15) is 0 Å². The van der Waals surface area contributed by atoms with Crippen LogP contribution >= 0.6 is 0 Å². The number of carbonyl (C=O) groups is 1. The normalized spacial score (nSPS) is 17.4. The molecular formula is C14H17NO4. The van der Waals surface area contributed by atoms with Crippen molar-refractivity contribution >= 4 is 11.7 Å². The van der Waals surface area contributed by atoms with Crippen LogP contribution < -0.4 is 14.4 Å². The fourth-order valence-corrected chi connectivity index (χ4v) is 2.57. The van der Waals surface area contributed by atoms with Gasteiger partial charge in [0.1, 0.15) is 13.2 Å². The minimum Gasteiger partial charge on any atom is -0.486 e. The maximum atomic E-state index is 11.9. The molecule has 0 atom stereocenters. The van der Waals surface area contributed by atoms with E-state index in [1.807, 2.05) is 6.07 Å². The molecule has 2 aliphatic rings. The van der Waals surface area contributed by atoms with Crippen molar-refractivity contribution in [3.05, 3.63) is 17.7 Å². The van der Waals surface area contributed by atoms with Gasteiger partial charge in [0.2, 0.25) is 0 Å². The summed E-state index contributed by atoms with van der Waals surface area (Å²) in [5, 5.41) is 0. The smallest absolute Gasteiger partial charge is 0.340 e. The Balaban J connectivity index is 2.05. The Hall–Kier alpha value is -1.91. The molecule has 0 amide bonds. The third kappa shape index (κ3) is 2.20. The zero-order valence-corrected chi connectivity index (χ0v) is 11.0. The van der Waals surface area contributed by atoms with Crippen LogP contribution in [0.5, 0.6) is 11.5 Å². The standard InChI is InChI=1S/C14H17NO4/c1-17-14(16)10-8-12-13(19-7-6-18-12)9-11(10)15-4-2-3-5-15/h8-9H,2-7H2,1H3. The fraction of sp³-hybridized carbons (Fsp3) is 0.500. The highest BCUT2D eigenvalue weighted by Gasteiger charge is 2.24. The van der Waals surface area contributed by atoms with Crippen LogP contribution in [0.15, 0.2) is 12.1 Å². The van der Waals surface area contributed by atoms with E-state index in [2.05, 4.69) is 4.90 Å². The van der Waals surface area contributed by atoms with Crippen molar-refractivity contribution in [2.24, 2.45) is 0 Å². The van der Waals surface area contributed by atoms with E-state index in [0.717, 1.165) is 31.6 Å². The van der Waals surface area contributed by atoms with Gasteiger partial charge in [0, 0.05) is 25.2 Å². The Morgan fingerprint density at radius 3 is 2.42 bits per heavy atom. The lowest BCUT2D eigenvalue weighted by molar-refractivity contribution is 0.0600. The predicted molar refractivity (Wildman–Crippen MR) is 70.2 cm³/mol. The van der Waals surface area contributed by atoms with Crippen LogP contribution in [-0.4, -0.2) is 39.4 Å². The number of fused-ring (bicyclic) bond motifs is 1. The molecule has 19 heavy (non-hydrogen) atoms. The maximum absolute atomic E-state index is 11.9. The first-order chi connectivity index (χ1) is 9.29. The number of anilines is 1. The monoisotopic (exact) mass is 263 g/mol. The number of methoxy groups -OCH3 is 1. The third-order valence-corrected chi connectivity index (χ3v) is 3.51. The summed E-state index contributed by atoms with van der Waals surface area (Å²) in [6.45, 7) is 2.98. The average Bonchev–Trinajstić information content (AvgIpc) is 2.99. The van der Waals surface area contributed by atoms with Crippen molar-refractivity contribution in [2.75, 3.05) is 38.3 Å².